The number of nitrogens with zero attached hydrogens (tertiary/aromatic N) is 2. The molecule has 2 aromatic heterocycles. The van der Waals surface area contributed by atoms with Crippen LogP contribution >= 0.6 is 0 Å². The minimum atomic E-state index is -2.60. The average molecular weight is 471 g/mol. The molecule has 0 fully saturated rings. The number of hydrogen-bond donors (Lipinski definition) is 0. The molecule has 0 saturated heterocycles. The summed E-state index contributed by atoms with van der Waals surface area (Å²) in [6, 6.07) is 39.5. The Hall–Kier alpha value is -4.02. The van der Waals surface area contributed by atoms with Gasteiger partial charge in [-0.15, -0.1) is 0 Å². The van der Waals surface area contributed by atoms with Crippen molar-refractivity contribution in [2.24, 2.45) is 0 Å². The van der Waals surface area contributed by atoms with Crippen LogP contribution in [0.5, 0.6) is 0 Å². The molecule has 0 aliphatic carbocycles. The summed E-state index contributed by atoms with van der Waals surface area (Å²) in [6.45, 7) is 4.24. The molecular formula is C31H26N2OSi. The quantitative estimate of drug-likeness (QED) is 0.266. The molecule has 0 unspecified atom stereocenters. The van der Waals surface area contributed by atoms with Crippen molar-refractivity contribution in [1.29, 1.82) is 0 Å². The van der Waals surface area contributed by atoms with Gasteiger partial charge >= 0.3 is 0 Å². The molecule has 0 spiro atoms. The lowest BCUT2D eigenvalue weighted by Gasteiger charge is -2.34. The molecule has 35 heavy (non-hydrogen) atoms. The van der Waals surface area contributed by atoms with Crippen LogP contribution in [0, 0.1) is 0 Å². The lowest BCUT2D eigenvalue weighted by molar-refractivity contribution is 0.662. The highest BCUT2D eigenvalue weighted by atomic mass is 28.3. The normalized spacial score (nSPS) is 12.0. The second-order valence-electron chi connectivity index (χ2n) is 9.26. The molecule has 0 aliphatic rings. The van der Waals surface area contributed by atoms with Crippen LogP contribution in [0.4, 0.5) is 0 Å². The molecule has 0 aliphatic heterocycles. The number of fused-ring (bicyclic) bond motifs is 3. The number of aromatic nitrogens is 2. The standard InChI is InChI=1S/C31H26N2OSi/c1-22(2)31-32-21-29-30(33-31)27-20-26(18-19-28(27)34-29)35(23-12-6-3-7-13-23,24-14-8-4-9-15-24)25-16-10-5-11-17-25/h3-22H,1-2H3. The topological polar surface area (TPSA) is 38.9 Å². The lowest BCUT2D eigenvalue weighted by Crippen LogP contribution is -2.74. The van der Waals surface area contributed by atoms with Gasteiger partial charge in [0, 0.05) is 11.3 Å². The zero-order valence-corrected chi connectivity index (χ0v) is 20.8. The van der Waals surface area contributed by atoms with Crippen molar-refractivity contribution in [3.63, 3.8) is 0 Å². The van der Waals surface area contributed by atoms with Crippen LogP contribution in [-0.2, 0) is 0 Å². The molecule has 0 radical (unpaired) electrons. The first-order valence-electron chi connectivity index (χ1n) is 12.0. The van der Waals surface area contributed by atoms with E-state index in [0.717, 1.165) is 27.9 Å². The fourth-order valence-corrected chi connectivity index (χ4v) is 9.92. The Morgan fingerprint density at radius 1 is 0.629 bits per heavy atom. The van der Waals surface area contributed by atoms with E-state index in [4.69, 9.17) is 9.40 Å². The molecule has 0 atom stereocenters. The molecule has 0 N–H and O–H groups in total. The molecule has 2 heterocycles. The Bertz CT molecular complexity index is 1510. The van der Waals surface area contributed by atoms with E-state index >= 15 is 0 Å². The Morgan fingerprint density at radius 2 is 1.17 bits per heavy atom. The second kappa shape index (κ2) is 8.64. The van der Waals surface area contributed by atoms with Gasteiger partial charge in [-0.05, 0) is 32.9 Å². The van der Waals surface area contributed by atoms with Crippen molar-refractivity contribution in [1.82, 2.24) is 9.97 Å². The Labute approximate surface area is 206 Å². The summed E-state index contributed by atoms with van der Waals surface area (Å²) in [5.74, 6) is 1.09. The summed E-state index contributed by atoms with van der Waals surface area (Å²) >= 11 is 0. The summed E-state index contributed by atoms with van der Waals surface area (Å²) in [5, 5.41) is 6.40. The first-order valence-corrected chi connectivity index (χ1v) is 14.0. The largest absolute Gasteiger partial charge is 0.453 e. The fraction of sp³-hybridized carbons (Fsp3) is 0.0968. The van der Waals surface area contributed by atoms with Crippen molar-refractivity contribution in [2.75, 3.05) is 0 Å². The minimum Gasteiger partial charge on any atom is -0.453 e. The van der Waals surface area contributed by atoms with Crippen LogP contribution in [0.3, 0.4) is 0 Å². The van der Waals surface area contributed by atoms with Crippen LogP contribution in [0.1, 0.15) is 25.6 Å². The molecule has 0 amide bonds. The van der Waals surface area contributed by atoms with Crippen LogP contribution in [0.2, 0.25) is 0 Å². The van der Waals surface area contributed by atoms with E-state index in [1.54, 1.807) is 0 Å². The van der Waals surface area contributed by atoms with Gasteiger partial charge in [-0.3, -0.25) is 0 Å². The van der Waals surface area contributed by atoms with Crippen LogP contribution in [0.25, 0.3) is 22.1 Å². The van der Waals surface area contributed by atoms with Gasteiger partial charge in [0.2, 0.25) is 0 Å². The van der Waals surface area contributed by atoms with Gasteiger partial charge in [-0.1, -0.05) is 111 Å². The van der Waals surface area contributed by atoms with E-state index in [1.165, 1.54) is 20.7 Å². The second-order valence-corrected chi connectivity index (χ2v) is 13.1. The molecule has 0 saturated carbocycles. The van der Waals surface area contributed by atoms with E-state index in [1.807, 2.05) is 6.20 Å². The maximum atomic E-state index is 6.16. The smallest absolute Gasteiger partial charge is 0.179 e. The lowest BCUT2D eigenvalue weighted by atomic mass is 10.2. The average Bonchev–Trinajstić information content (AvgIpc) is 3.28. The predicted octanol–water partition coefficient (Wildman–Crippen LogP) is 4.88. The van der Waals surface area contributed by atoms with Gasteiger partial charge < -0.3 is 4.42 Å². The van der Waals surface area contributed by atoms with Crippen LogP contribution in [0.15, 0.2) is 120 Å². The summed E-state index contributed by atoms with van der Waals surface area (Å²) in [6.07, 6.45) is 1.81. The van der Waals surface area contributed by atoms with Crippen molar-refractivity contribution >= 4 is 50.9 Å². The summed E-state index contributed by atoms with van der Waals surface area (Å²) in [7, 11) is -2.60. The fourth-order valence-electron chi connectivity index (χ4n) is 5.15. The number of rotatable bonds is 5. The molecule has 0 bridgehead atoms. The Morgan fingerprint density at radius 3 is 1.69 bits per heavy atom. The van der Waals surface area contributed by atoms with E-state index in [2.05, 4.69) is 128 Å². The van der Waals surface area contributed by atoms with Crippen molar-refractivity contribution in [2.45, 2.75) is 19.8 Å². The summed E-state index contributed by atoms with van der Waals surface area (Å²) in [5.41, 5.74) is 2.46. The molecular weight excluding hydrogens is 444 g/mol. The van der Waals surface area contributed by atoms with Crippen molar-refractivity contribution < 1.29 is 4.42 Å². The zero-order chi connectivity index (χ0) is 23.8. The first-order chi connectivity index (χ1) is 17.2. The maximum absolute atomic E-state index is 6.16. The molecule has 6 rings (SSSR count). The highest BCUT2D eigenvalue weighted by Crippen LogP contribution is 2.27. The number of benzene rings is 4. The van der Waals surface area contributed by atoms with Gasteiger partial charge in [0.15, 0.2) is 13.7 Å². The van der Waals surface area contributed by atoms with Gasteiger partial charge in [-0.25, -0.2) is 9.97 Å². The minimum absolute atomic E-state index is 0.249. The monoisotopic (exact) mass is 470 g/mol. The van der Waals surface area contributed by atoms with Crippen LogP contribution in [-0.4, -0.2) is 18.0 Å². The van der Waals surface area contributed by atoms with Gasteiger partial charge in [-0.2, -0.15) is 0 Å². The third-order valence-electron chi connectivity index (χ3n) is 6.80. The molecule has 4 aromatic carbocycles. The molecule has 170 valence electrons. The Kier molecular flexibility index (Phi) is 5.31. The third kappa shape index (κ3) is 3.49. The Balaban J connectivity index is 1.72. The maximum Gasteiger partial charge on any atom is 0.179 e. The van der Waals surface area contributed by atoms with Gasteiger partial charge in [0.25, 0.3) is 0 Å². The van der Waals surface area contributed by atoms with Crippen molar-refractivity contribution in [3.8, 4) is 0 Å². The van der Waals surface area contributed by atoms with E-state index in [0.29, 0.717) is 0 Å². The number of furan rings is 1. The van der Waals surface area contributed by atoms with E-state index < -0.39 is 8.07 Å². The van der Waals surface area contributed by atoms with Crippen LogP contribution < -0.4 is 20.7 Å². The molecule has 4 heteroatoms. The zero-order valence-electron chi connectivity index (χ0n) is 19.8. The van der Waals surface area contributed by atoms with Crippen molar-refractivity contribution in [3.05, 3.63) is 121 Å². The summed E-state index contributed by atoms with van der Waals surface area (Å²) < 4.78 is 6.16. The highest BCUT2D eigenvalue weighted by Gasteiger charge is 2.41. The third-order valence-corrected chi connectivity index (χ3v) is 11.6. The summed E-state index contributed by atoms with van der Waals surface area (Å²) in [4.78, 5) is 9.43. The van der Waals surface area contributed by atoms with E-state index in [9.17, 15) is 0 Å². The highest BCUT2D eigenvalue weighted by molar-refractivity contribution is 7.20. The molecule has 6 aromatic rings. The van der Waals surface area contributed by atoms with Gasteiger partial charge in [0.1, 0.15) is 16.9 Å². The first kappa shape index (κ1) is 21.5. The predicted molar refractivity (Wildman–Crippen MR) is 147 cm³/mol. The number of hydrogen-bond acceptors (Lipinski definition) is 3. The molecule has 3 nitrogen and oxygen atoms in total. The van der Waals surface area contributed by atoms with Gasteiger partial charge in [0.05, 0.1) is 6.20 Å². The SMILES string of the molecule is CC(C)c1ncc2oc3ccc([Si](c4ccccc4)(c4ccccc4)c4ccccc4)cc3c2n1. The van der Waals surface area contributed by atoms with E-state index in [-0.39, 0.29) is 5.92 Å².